The van der Waals surface area contributed by atoms with Crippen molar-refractivity contribution in [2.24, 2.45) is 5.92 Å². The molecule has 0 aliphatic carbocycles. The fourth-order valence-corrected chi connectivity index (χ4v) is 8.08. The molecule has 2 rings (SSSR count). The number of carboxylic acid groups (broad SMARTS) is 1. The summed E-state index contributed by atoms with van der Waals surface area (Å²) >= 11 is 0. The zero-order chi connectivity index (χ0) is 20.1. The maximum atomic E-state index is 12.1. The first kappa shape index (κ1) is 21.1. The molecule has 0 radical (unpaired) electrons. The lowest BCUT2D eigenvalue weighted by Gasteiger charge is -2.43. The minimum Gasteiger partial charge on any atom is -0.481 e. The first-order valence-corrected chi connectivity index (χ1v) is 11.1. The molecule has 27 heavy (non-hydrogen) atoms. The Morgan fingerprint density at radius 3 is 1.78 bits per heavy atom. The van der Waals surface area contributed by atoms with Crippen LogP contribution in [-0.4, -0.2) is 31.8 Å². The van der Waals surface area contributed by atoms with Crippen molar-refractivity contribution in [2.75, 3.05) is 6.61 Å². The average molecular weight is 385 g/mol. The van der Waals surface area contributed by atoms with E-state index in [1.54, 1.807) is 6.92 Å². The molecule has 4 nitrogen and oxygen atoms in total. The second-order valence-electron chi connectivity index (χ2n) is 7.91. The van der Waals surface area contributed by atoms with Crippen molar-refractivity contribution in [1.29, 1.82) is 0 Å². The molecular formula is C22H28O4Si. The first-order chi connectivity index (χ1) is 12.7. The highest BCUT2D eigenvalue weighted by Crippen LogP contribution is 2.37. The van der Waals surface area contributed by atoms with Crippen molar-refractivity contribution in [1.82, 2.24) is 0 Å². The fourth-order valence-electron chi connectivity index (χ4n) is 3.43. The summed E-state index contributed by atoms with van der Waals surface area (Å²) in [4.78, 5) is 23.0. The number of Topliss-reactive ketones (excluding diaryl/α,β-unsaturated/α-hetero) is 1. The highest BCUT2D eigenvalue weighted by Gasteiger charge is 2.50. The molecule has 0 aliphatic rings. The Kier molecular flexibility index (Phi) is 6.73. The Labute approximate surface area is 162 Å². The topological polar surface area (TPSA) is 63.6 Å². The van der Waals surface area contributed by atoms with E-state index in [1.807, 2.05) is 36.4 Å². The molecule has 0 saturated heterocycles. The minimum atomic E-state index is -2.70. The molecule has 2 aromatic carbocycles. The van der Waals surface area contributed by atoms with Crippen LogP contribution in [0.2, 0.25) is 5.04 Å². The Bertz CT molecular complexity index is 726. The minimum absolute atomic E-state index is 0.175. The molecule has 2 aromatic rings. The van der Waals surface area contributed by atoms with Crippen LogP contribution in [0.3, 0.4) is 0 Å². The third-order valence-electron chi connectivity index (χ3n) is 4.84. The quantitative estimate of drug-likeness (QED) is 0.561. The van der Waals surface area contributed by atoms with Gasteiger partial charge < -0.3 is 9.53 Å². The van der Waals surface area contributed by atoms with Crippen LogP contribution >= 0.6 is 0 Å². The van der Waals surface area contributed by atoms with Crippen molar-refractivity contribution >= 4 is 30.4 Å². The predicted molar refractivity (Wildman–Crippen MR) is 110 cm³/mol. The SMILES string of the molecule is CC(CO[Si](c1ccccc1)(c1ccccc1)C(C)(C)C)C(=O)CC(=O)O. The molecule has 1 unspecified atom stereocenters. The van der Waals surface area contributed by atoms with Crippen molar-refractivity contribution in [2.45, 2.75) is 39.2 Å². The number of aliphatic carboxylic acids is 1. The van der Waals surface area contributed by atoms with E-state index in [9.17, 15) is 9.59 Å². The van der Waals surface area contributed by atoms with E-state index >= 15 is 0 Å². The van der Waals surface area contributed by atoms with Crippen LogP contribution in [0.25, 0.3) is 0 Å². The standard InChI is InChI=1S/C22H28O4Si/c1-17(20(23)15-21(24)25)16-26-27(22(2,3)4,18-11-7-5-8-12-18)19-13-9-6-10-14-19/h5-14,17H,15-16H2,1-4H3,(H,24,25). The fraction of sp³-hybridized carbons (Fsp3) is 0.364. The van der Waals surface area contributed by atoms with Crippen molar-refractivity contribution < 1.29 is 19.1 Å². The molecule has 0 heterocycles. The van der Waals surface area contributed by atoms with E-state index in [0.717, 1.165) is 10.4 Å². The molecule has 0 fully saturated rings. The Hall–Kier alpha value is -2.24. The number of hydrogen-bond donors (Lipinski definition) is 1. The van der Waals surface area contributed by atoms with Gasteiger partial charge in [-0.05, 0) is 15.4 Å². The molecule has 0 aromatic heterocycles. The van der Waals surface area contributed by atoms with Gasteiger partial charge in [-0.1, -0.05) is 88.4 Å². The second-order valence-corrected chi connectivity index (χ2v) is 12.2. The number of hydrogen-bond acceptors (Lipinski definition) is 3. The Morgan fingerprint density at radius 2 is 1.41 bits per heavy atom. The summed E-state index contributed by atoms with van der Waals surface area (Å²) in [5.41, 5.74) is 0. The van der Waals surface area contributed by atoms with Gasteiger partial charge in [0, 0.05) is 12.5 Å². The largest absolute Gasteiger partial charge is 0.481 e. The van der Waals surface area contributed by atoms with Crippen LogP contribution in [0.15, 0.2) is 60.7 Å². The van der Waals surface area contributed by atoms with E-state index in [2.05, 4.69) is 45.0 Å². The first-order valence-electron chi connectivity index (χ1n) is 9.18. The van der Waals surface area contributed by atoms with Gasteiger partial charge in [-0.15, -0.1) is 0 Å². The zero-order valence-corrected chi connectivity index (χ0v) is 17.4. The van der Waals surface area contributed by atoms with Crippen LogP contribution in [-0.2, 0) is 14.0 Å². The molecule has 0 spiro atoms. The molecular weight excluding hydrogens is 356 g/mol. The summed E-state index contributed by atoms with van der Waals surface area (Å²) in [5, 5.41) is 11.0. The number of carbonyl (C=O) groups excluding carboxylic acids is 1. The molecule has 0 amide bonds. The van der Waals surface area contributed by atoms with Gasteiger partial charge in [0.1, 0.15) is 12.2 Å². The number of rotatable bonds is 8. The van der Waals surface area contributed by atoms with E-state index in [4.69, 9.17) is 9.53 Å². The lowest BCUT2D eigenvalue weighted by Crippen LogP contribution is -2.67. The normalized spacial score (nSPS) is 13.2. The van der Waals surface area contributed by atoms with Crippen LogP contribution in [0.5, 0.6) is 0 Å². The monoisotopic (exact) mass is 384 g/mol. The van der Waals surface area contributed by atoms with Gasteiger partial charge >= 0.3 is 5.97 Å². The molecule has 0 aliphatic heterocycles. The predicted octanol–water partition coefficient (Wildman–Crippen LogP) is 3.24. The summed E-state index contributed by atoms with van der Waals surface area (Å²) in [5.74, 6) is -1.87. The lowest BCUT2D eigenvalue weighted by atomic mass is 10.1. The third-order valence-corrected chi connectivity index (χ3v) is 9.85. The zero-order valence-electron chi connectivity index (χ0n) is 16.4. The third kappa shape index (κ3) is 4.73. The Balaban J connectivity index is 2.47. The summed E-state index contributed by atoms with van der Waals surface area (Å²) in [6.07, 6.45) is -0.467. The number of carbonyl (C=O) groups is 2. The van der Waals surface area contributed by atoms with E-state index in [0.29, 0.717) is 0 Å². The van der Waals surface area contributed by atoms with Crippen molar-refractivity contribution in [3.63, 3.8) is 0 Å². The van der Waals surface area contributed by atoms with E-state index in [-0.39, 0.29) is 17.4 Å². The number of benzene rings is 2. The number of ketones is 1. The highest BCUT2D eigenvalue weighted by molar-refractivity contribution is 6.99. The van der Waals surface area contributed by atoms with Gasteiger partial charge in [-0.25, -0.2) is 0 Å². The van der Waals surface area contributed by atoms with E-state index < -0.39 is 26.6 Å². The summed E-state index contributed by atoms with van der Waals surface area (Å²) in [6.45, 7) is 8.46. The van der Waals surface area contributed by atoms with Gasteiger partial charge in [-0.3, -0.25) is 9.59 Å². The molecule has 1 N–H and O–H groups in total. The molecule has 144 valence electrons. The van der Waals surface area contributed by atoms with Crippen molar-refractivity contribution in [3.05, 3.63) is 60.7 Å². The second kappa shape index (κ2) is 8.63. The smallest absolute Gasteiger partial charge is 0.310 e. The van der Waals surface area contributed by atoms with Gasteiger partial charge in [0.05, 0.1) is 0 Å². The number of carboxylic acids is 1. The van der Waals surface area contributed by atoms with Gasteiger partial charge in [0.25, 0.3) is 8.32 Å². The maximum absolute atomic E-state index is 12.1. The van der Waals surface area contributed by atoms with Crippen LogP contribution in [0, 0.1) is 5.92 Å². The van der Waals surface area contributed by atoms with Crippen molar-refractivity contribution in [3.8, 4) is 0 Å². The molecule has 0 saturated carbocycles. The maximum Gasteiger partial charge on any atom is 0.310 e. The molecule has 1 atom stereocenters. The Morgan fingerprint density at radius 1 is 0.963 bits per heavy atom. The van der Waals surface area contributed by atoms with Gasteiger partial charge in [0.2, 0.25) is 0 Å². The summed E-state index contributed by atoms with van der Waals surface area (Å²) in [7, 11) is -2.70. The van der Waals surface area contributed by atoms with Crippen LogP contribution < -0.4 is 10.4 Å². The molecule has 0 bridgehead atoms. The lowest BCUT2D eigenvalue weighted by molar-refractivity contribution is -0.141. The highest BCUT2D eigenvalue weighted by atomic mass is 28.4. The van der Waals surface area contributed by atoms with Gasteiger partial charge in [0.15, 0.2) is 0 Å². The van der Waals surface area contributed by atoms with Crippen LogP contribution in [0.1, 0.15) is 34.1 Å². The summed E-state index contributed by atoms with van der Waals surface area (Å²) in [6, 6.07) is 20.4. The van der Waals surface area contributed by atoms with Gasteiger partial charge in [-0.2, -0.15) is 0 Å². The summed E-state index contributed by atoms with van der Waals surface area (Å²) < 4.78 is 6.66. The van der Waals surface area contributed by atoms with E-state index in [1.165, 1.54) is 0 Å². The molecule has 5 heteroatoms. The average Bonchev–Trinajstić information content (AvgIpc) is 2.62. The van der Waals surface area contributed by atoms with Crippen LogP contribution in [0.4, 0.5) is 0 Å².